The van der Waals surface area contributed by atoms with Gasteiger partial charge in [0.05, 0.1) is 24.3 Å². The minimum atomic E-state index is -1.40. The molecule has 264 valence electrons. The molecule has 1 heterocycles. The van der Waals surface area contributed by atoms with E-state index in [0.717, 1.165) is 14.7 Å². The highest BCUT2D eigenvalue weighted by atomic mass is 127. The zero-order valence-electron chi connectivity index (χ0n) is 27.9. The van der Waals surface area contributed by atoms with Crippen LogP contribution in [0.4, 0.5) is 0 Å². The zero-order chi connectivity index (χ0) is 35.5. The SMILES string of the molecule is C[C@H](O)[C@@H](NC(=O)C1=C[C@H]2OC3(Cc4ccccc4C3)O[C@H]2[C@H](OC(=O)c2cccc(I)c2)C1)C(=O)N[C@H](CO)CCC(=O)OC(C)(C)C. The molecule has 2 aliphatic carbocycles. The lowest BCUT2D eigenvalue weighted by molar-refractivity contribution is -0.172. The van der Waals surface area contributed by atoms with E-state index in [9.17, 15) is 29.4 Å². The van der Waals surface area contributed by atoms with E-state index in [1.165, 1.54) is 6.92 Å². The third-order valence-electron chi connectivity index (χ3n) is 8.56. The summed E-state index contributed by atoms with van der Waals surface area (Å²) in [4.78, 5) is 52.4. The van der Waals surface area contributed by atoms with Gasteiger partial charge in [0.2, 0.25) is 11.8 Å². The van der Waals surface area contributed by atoms with Crippen molar-refractivity contribution >= 4 is 46.3 Å². The van der Waals surface area contributed by atoms with Crippen LogP contribution >= 0.6 is 22.6 Å². The number of carbonyl (C=O) groups excluding carboxylic acids is 4. The fraction of sp³-hybridized carbons (Fsp3) is 0.500. The molecule has 2 aromatic carbocycles. The molecule has 6 atom stereocenters. The van der Waals surface area contributed by atoms with Gasteiger partial charge in [0, 0.05) is 34.8 Å². The van der Waals surface area contributed by atoms with Gasteiger partial charge >= 0.3 is 11.9 Å². The Bertz CT molecular complexity index is 1580. The van der Waals surface area contributed by atoms with Crippen molar-refractivity contribution < 1.29 is 48.3 Å². The molecule has 1 spiro atoms. The molecule has 1 fully saturated rings. The van der Waals surface area contributed by atoms with Gasteiger partial charge in [-0.2, -0.15) is 0 Å². The first kappa shape index (κ1) is 36.9. The molecule has 2 amide bonds. The Balaban J connectivity index is 1.31. The molecule has 3 aliphatic rings. The lowest BCUT2D eigenvalue weighted by atomic mass is 9.91. The van der Waals surface area contributed by atoms with Crippen molar-refractivity contribution in [1.82, 2.24) is 10.6 Å². The lowest BCUT2D eigenvalue weighted by Gasteiger charge is -2.31. The highest BCUT2D eigenvalue weighted by Gasteiger charge is 2.55. The molecule has 13 heteroatoms. The Morgan fingerprint density at radius 3 is 2.35 bits per heavy atom. The van der Waals surface area contributed by atoms with Crippen LogP contribution in [0.5, 0.6) is 0 Å². The van der Waals surface area contributed by atoms with Crippen LogP contribution in [-0.4, -0.2) is 88.5 Å². The molecule has 0 aromatic heterocycles. The van der Waals surface area contributed by atoms with Gasteiger partial charge in [-0.1, -0.05) is 30.3 Å². The quantitative estimate of drug-likeness (QED) is 0.196. The van der Waals surface area contributed by atoms with Gasteiger partial charge in [-0.25, -0.2) is 4.79 Å². The first-order valence-electron chi connectivity index (χ1n) is 16.4. The third kappa shape index (κ3) is 9.25. The second-order valence-corrected chi connectivity index (χ2v) is 15.0. The van der Waals surface area contributed by atoms with Gasteiger partial charge in [0.15, 0.2) is 5.79 Å². The van der Waals surface area contributed by atoms with Crippen LogP contribution in [0.1, 0.15) is 68.4 Å². The Hall–Kier alpha value is -3.37. The average molecular weight is 791 g/mol. The van der Waals surface area contributed by atoms with E-state index in [1.54, 1.807) is 45.0 Å². The van der Waals surface area contributed by atoms with E-state index in [1.807, 2.05) is 30.3 Å². The number of carbonyl (C=O) groups is 4. The summed E-state index contributed by atoms with van der Waals surface area (Å²) in [5, 5.41) is 25.6. The second-order valence-electron chi connectivity index (χ2n) is 13.8. The number of halogens is 1. The van der Waals surface area contributed by atoms with Crippen molar-refractivity contribution in [3.8, 4) is 0 Å². The number of fused-ring (bicyclic) bond motifs is 2. The zero-order valence-corrected chi connectivity index (χ0v) is 30.1. The fourth-order valence-corrected chi connectivity index (χ4v) is 6.85. The maximum absolute atomic E-state index is 13.7. The second kappa shape index (κ2) is 15.3. The monoisotopic (exact) mass is 790 g/mol. The molecule has 12 nitrogen and oxygen atoms in total. The molecule has 2 aromatic rings. The topological polar surface area (TPSA) is 170 Å². The van der Waals surface area contributed by atoms with E-state index in [-0.39, 0.29) is 24.8 Å². The predicted molar refractivity (Wildman–Crippen MR) is 185 cm³/mol. The van der Waals surface area contributed by atoms with E-state index in [0.29, 0.717) is 18.4 Å². The van der Waals surface area contributed by atoms with Crippen LogP contribution in [0, 0.1) is 3.57 Å². The Morgan fingerprint density at radius 2 is 1.73 bits per heavy atom. The Labute approximate surface area is 299 Å². The lowest BCUT2D eigenvalue weighted by Crippen LogP contribution is -2.55. The van der Waals surface area contributed by atoms with Crippen molar-refractivity contribution in [2.45, 2.75) is 108 Å². The Morgan fingerprint density at radius 1 is 1.04 bits per heavy atom. The fourth-order valence-electron chi connectivity index (χ4n) is 6.31. The number of nitrogens with one attached hydrogen (secondary N) is 2. The summed E-state index contributed by atoms with van der Waals surface area (Å²) in [6.07, 6.45) is -1.02. The van der Waals surface area contributed by atoms with Crippen LogP contribution in [0.15, 0.2) is 60.2 Å². The number of amides is 2. The van der Waals surface area contributed by atoms with Crippen molar-refractivity contribution in [3.05, 3.63) is 80.4 Å². The molecular formula is C36H43IN2O10. The van der Waals surface area contributed by atoms with Gasteiger partial charge in [0.25, 0.3) is 0 Å². The summed E-state index contributed by atoms with van der Waals surface area (Å²) in [6, 6.07) is 12.7. The van der Waals surface area contributed by atoms with E-state index in [4.69, 9.17) is 18.9 Å². The van der Waals surface area contributed by atoms with Crippen LogP contribution in [0.2, 0.25) is 0 Å². The number of esters is 2. The maximum Gasteiger partial charge on any atom is 0.338 e. The summed E-state index contributed by atoms with van der Waals surface area (Å²) < 4.78 is 25.2. The summed E-state index contributed by atoms with van der Waals surface area (Å²) in [5.41, 5.74) is 2.05. The highest BCUT2D eigenvalue weighted by Crippen LogP contribution is 2.45. The number of hydrogen-bond acceptors (Lipinski definition) is 10. The van der Waals surface area contributed by atoms with Gasteiger partial charge in [-0.05, 0) is 92.1 Å². The number of aliphatic hydroxyl groups excluding tert-OH is 2. The molecule has 4 N–H and O–H groups in total. The first-order valence-corrected chi connectivity index (χ1v) is 17.4. The molecule has 0 bridgehead atoms. The normalized spacial score (nSPS) is 22.6. The minimum Gasteiger partial charge on any atom is -0.460 e. The molecule has 0 saturated carbocycles. The summed E-state index contributed by atoms with van der Waals surface area (Å²) >= 11 is 2.11. The number of benzene rings is 2. The molecular weight excluding hydrogens is 747 g/mol. The standard InChI is InChI=1S/C36H43IN2O10/c1-20(41)30(33(44)38-26(19-40)12-13-29(42)48-35(2,3)4)39-32(43)24-15-27(46-34(45)21-10-7-11-25(37)14-21)31-28(16-24)47-36(49-31)17-22-8-5-6-9-23(22)18-36/h5-11,14,16,20,26-28,30-31,40-41H,12-13,15,17-19H2,1-4H3,(H,38,44)(H,39,43)/t20-,26-,27+,28+,30+,31-/m0/s1. The molecule has 1 aliphatic heterocycles. The summed E-state index contributed by atoms with van der Waals surface area (Å²) in [5.74, 6) is -3.46. The van der Waals surface area contributed by atoms with Gasteiger partial charge in [-0.3, -0.25) is 14.4 Å². The predicted octanol–water partition coefficient (Wildman–Crippen LogP) is 2.89. The van der Waals surface area contributed by atoms with Crippen LogP contribution in [-0.2, 0) is 46.2 Å². The molecule has 1 saturated heterocycles. The van der Waals surface area contributed by atoms with Crippen LogP contribution in [0.3, 0.4) is 0 Å². The van der Waals surface area contributed by atoms with Gasteiger partial charge in [-0.15, -0.1) is 0 Å². The average Bonchev–Trinajstić information content (AvgIpc) is 3.58. The summed E-state index contributed by atoms with van der Waals surface area (Å²) in [7, 11) is 0. The highest BCUT2D eigenvalue weighted by molar-refractivity contribution is 14.1. The van der Waals surface area contributed by atoms with Gasteiger partial charge < -0.3 is 39.8 Å². The van der Waals surface area contributed by atoms with E-state index >= 15 is 0 Å². The van der Waals surface area contributed by atoms with Gasteiger partial charge in [0.1, 0.15) is 30.0 Å². The molecule has 49 heavy (non-hydrogen) atoms. The van der Waals surface area contributed by atoms with Crippen molar-refractivity contribution in [1.29, 1.82) is 0 Å². The molecule has 0 radical (unpaired) electrons. The third-order valence-corrected chi connectivity index (χ3v) is 9.23. The number of ether oxygens (including phenoxy) is 4. The largest absolute Gasteiger partial charge is 0.460 e. The first-order chi connectivity index (χ1) is 23.1. The van der Waals surface area contributed by atoms with Crippen molar-refractivity contribution in [2.75, 3.05) is 6.61 Å². The van der Waals surface area contributed by atoms with E-state index in [2.05, 4.69) is 33.2 Å². The van der Waals surface area contributed by atoms with Crippen molar-refractivity contribution in [3.63, 3.8) is 0 Å². The number of hydrogen-bond donors (Lipinski definition) is 4. The number of rotatable bonds is 11. The smallest absolute Gasteiger partial charge is 0.338 e. The Kier molecular flexibility index (Phi) is 11.5. The maximum atomic E-state index is 13.7. The van der Waals surface area contributed by atoms with E-state index < -0.39 is 78.2 Å². The molecule has 5 rings (SSSR count). The van der Waals surface area contributed by atoms with Crippen molar-refractivity contribution in [2.24, 2.45) is 0 Å². The number of aliphatic hydroxyl groups is 2. The minimum absolute atomic E-state index is 0.0294. The molecule has 0 unspecified atom stereocenters. The summed E-state index contributed by atoms with van der Waals surface area (Å²) in [6.45, 7) is 6.09. The van der Waals surface area contributed by atoms with Crippen LogP contribution in [0.25, 0.3) is 0 Å². The van der Waals surface area contributed by atoms with Crippen LogP contribution < -0.4 is 10.6 Å².